The standard InChI is InChI=1S/C15H14N2O5/c18-11-2-1-3-13(14(19)7-11)16-8-9-6-10(17(21)22)4-5-12(9)15(16)20/h4-6,13H,1-3,7-8H2/t13-/m0/s1. The quantitative estimate of drug-likeness (QED) is 0.358. The number of carbonyl (C=O) groups excluding carboxylic acids is 3. The first-order chi connectivity index (χ1) is 10.5. The summed E-state index contributed by atoms with van der Waals surface area (Å²) in [6, 6.07) is 3.49. The molecule has 0 spiro atoms. The molecule has 3 rings (SSSR count). The van der Waals surface area contributed by atoms with E-state index in [2.05, 4.69) is 0 Å². The highest BCUT2D eigenvalue weighted by Crippen LogP contribution is 2.30. The number of non-ortho nitro benzene ring substituents is 1. The van der Waals surface area contributed by atoms with Crippen LogP contribution in [0.1, 0.15) is 41.6 Å². The number of carbonyl (C=O) groups is 3. The normalized spacial score (nSPS) is 21.7. The van der Waals surface area contributed by atoms with E-state index in [0.29, 0.717) is 30.4 Å². The fourth-order valence-corrected chi connectivity index (χ4v) is 3.08. The van der Waals surface area contributed by atoms with Gasteiger partial charge in [-0.1, -0.05) is 0 Å². The van der Waals surface area contributed by atoms with E-state index in [4.69, 9.17) is 0 Å². The van der Waals surface area contributed by atoms with Crippen LogP contribution in [0.3, 0.4) is 0 Å². The smallest absolute Gasteiger partial charge is 0.269 e. The van der Waals surface area contributed by atoms with Crippen molar-refractivity contribution in [2.24, 2.45) is 0 Å². The molecule has 0 unspecified atom stereocenters. The Balaban J connectivity index is 1.88. The van der Waals surface area contributed by atoms with Crippen LogP contribution < -0.4 is 0 Å². The summed E-state index contributed by atoms with van der Waals surface area (Å²) in [4.78, 5) is 47.8. The van der Waals surface area contributed by atoms with Crippen molar-refractivity contribution >= 4 is 23.2 Å². The molecule has 0 N–H and O–H groups in total. The summed E-state index contributed by atoms with van der Waals surface area (Å²) in [6.45, 7) is 0.181. The lowest BCUT2D eigenvalue weighted by Gasteiger charge is -2.25. The van der Waals surface area contributed by atoms with Crippen molar-refractivity contribution in [3.05, 3.63) is 39.4 Å². The molecule has 1 fully saturated rings. The van der Waals surface area contributed by atoms with Crippen molar-refractivity contribution in [3.63, 3.8) is 0 Å². The molecule has 1 heterocycles. The van der Waals surface area contributed by atoms with Crippen LogP contribution in [0.5, 0.6) is 0 Å². The fraction of sp³-hybridized carbons (Fsp3) is 0.400. The highest BCUT2D eigenvalue weighted by molar-refractivity contribution is 6.06. The summed E-state index contributed by atoms with van der Waals surface area (Å²) < 4.78 is 0. The van der Waals surface area contributed by atoms with Gasteiger partial charge in [0, 0.05) is 30.7 Å². The Kier molecular flexibility index (Phi) is 3.48. The molecule has 1 atom stereocenters. The summed E-state index contributed by atoms with van der Waals surface area (Å²) in [5.41, 5.74) is 0.882. The largest absolute Gasteiger partial charge is 0.324 e. The van der Waals surface area contributed by atoms with Gasteiger partial charge in [-0.25, -0.2) is 0 Å². The van der Waals surface area contributed by atoms with Gasteiger partial charge in [-0.3, -0.25) is 24.5 Å². The third kappa shape index (κ3) is 2.38. The lowest BCUT2D eigenvalue weighted by molar-refractivity contribution is -0.384. The molecule has 1 aromatic rings. The lowest BCUT2D eigenvalue weighted by Crippen LogP contribution is -2.41. The minimum atomic E-state index is -0.606. The van der Waals surface area contributed by atoms with Crippen LogP contribution >= 0.6 is 0 Å². The average molecular weight is 302 g/mol. The number of nitro groups is 1. The molecular formula is C15H14N2O5. The second kappa shape index (κ2) is 5.32. The highest BCUT2D eigenvalue weighted by Gasteiger charge is 2.38. The number of fused-ring (bicyclic) bond motifs is 1. The van der Waals surface area contributed by atoms with E-state index in [-0.39, 0.29) is 36.1 Å². The number of nitrogens with zero attached hydrogens (tertiary/aromatic N) is 2. The number of nitro benzene ring substituents is 1. The molecule has 7 nitrogen and oxygen atoms in total. The van der Waals surface area contributed by atoms with Crippen molar-refractivity contribution in [3.8, 4) is 0 Å². The van der Waals surface area contributed by atoms with Gasteiger partial charge in [0.25, 0.3) is 11.6 Å². The highest BCUT2D eigenvalue weighted by atomic mass is 16.6. The Bertz CT molecular complexity index is 697. The van der Waals surface area contributed by atoms with Gasteiger partial charge in [-0.05, 0) is 24.5 Å². The van der Waals surface area contributed by atoms with Gasteiger partial charge in [0.1, 0.15) is 5.78 Å². The average Bonchev–Trinajstić information content (AvgIpc) is 2.69. The Hall–Kier alpha value is -2.57. The Labute approximate surface area is 126 Å². The Morgan fingerprint density at radius 1 is 1.23 bits per heavy atom. The summed E-state index contributed by atoms with van der Waals surface area (Å²) >= 11 is 0. The van der Waals surface area contributed by atoms with E-state index < -0.39 is 11.0 Å². The zero-order chi connectivity index (χ0) is 15.9. The van der Waals surface area contributed by atoms with Gasteiger partial charge < -0.3 is 4.90 Å². The van der Waals surface area contributed by atoms with E-state index in [0.717, 1.165) is 0 Å². The number of Topliss-reactive ketones (excluding diaryl/α,β-unsaturated/α-hetero) is 2. The molecule has 22 heavy (non-hydrogen) atoms. The third-order valence-corrected chi connectivity index (χ3v) is 4.18. The van der Waals surface area contributed by atoms with Gasteiger partial charge in [-0.15, -0.1) is 0 Å². The van der Waals surface area contributed by atoms with Crippen molar-refractivity contribution in [1.29, 1.82) is 0 Å². The maximum Gasteiger partial charge on any atom is 0.269 e. The number of hydrogen-bond acceptors (Lipinski definition) is 5. The monoisotopic (exact) mass is 302 g/mol. The van der Waals surface area contributed by atoms with Crippen LogP contribution in [0.4, 0.5) is 5.69 Å². The van der Waals surface area contributed by atoms with Crippen LogP contribution in [0.2, 0.25) is 0 Å². The first-order valence-corrected chi connectivity index (χ1v) is 7.10. The second-order valence-corrected chi connectivity index (χ2v) is 5.62. The SMILES string of the molecule is O=C1CCC[C@H](N2Cc3cc([N+](=O)[O-])ccc3C2=O)C(=O)C1. The molecule has 2 aliphatic rings. The molecule has 1 aliphatic heterocycles. The predicted octanol–water partition coefficient (Wildman–Crippen LogP) is 1.63. The second-order valence-electron chi connectivity index (χ2n) is 5.62. The molecular weight excluding hydrogens is 288 g/mol. The maximum absolute atomic E-state index is 12.4. The molecule has 0 aromatic heterocycles. The molecule has 0 bridgehead atoms. The molecule has 1 amide bonds. The summed E-state index contributed by atoms with van der Waals surface area (Å²) in [6.07, 6.45) is 1.27. The Morgan fingerprint density at radius 3 is 2.73 bits per heavy atom. The van der Waals surface area contributed by atoms with Crippen LogP contribution in [0, 0.1) is 10.1 Å². The zero-order valence-electron chi connectivity index (χ0n) is 11.8. The Morgan fingerprint density at radius 2 is 2.00 bits per heavy atom. The topological polar surface area (TPSA) is 97.6 Å². The van der Waals surface area contributed by atoms with Crippen LogP contribution in [0.15, 0.2) is 18.2 Å². The number of amides is 1. The maximum atomic E-state index is 12.4. The van der Waals surface area contributed by atoms with E-state index in [1.165, 1.54) is 23.1 Å². The lowest BCUT2D eigenvalue weighted by atomic mass is 10.1. The molecule has 1 aliphatic carbocycles. The van der Waals surface area contributed by atoms with Crippen LogP contribution in [-0.2, 0) is 16.1 Å². The predicted molar refractivity (Wildman–Crippen MR) is 75.2 cm³/mol. The number of hydrogen-bond donors (Lipinski definition) is 0. The van der Waals surface area contributed by atoms with Gasteiger partial charge in [0.05, 0.1) is 17.4 Å². The number of benzene rings is 1. The molecule has 1 saturated carbocycles. The first kappa shape index (κ1) is 14.4. The molecule has 1 aromatic carbocycles. The van der Waals surface area contributed by atoms with Crippen molar-refractivity contribution in [1.82, 2.24) is 4.90 Å². The third-order valence-electron chi connectivity index (χ3n) is 4.18. The summed E-state index contributed by atoms with van der Waals surface area (Å²) in [7, 11) is 0. The van der Waals surface area contributed by atoms with Crippen molar-refractivity contribution in [2.75, 3.05) is 0 Å². The minimum absolute atomic E-state index is 0.0734. The zero-order valence-corrected chi connectivity index (χ0v) is 11.8. The molecule has 7 heteroatoms. The first-order valence-electron chi connectivity index (χ1n) is 7.10. The van der Waals surface area contributed by atoms with Gasteiger partial charge >= 0.3 is 0 Å². The molecule has 0 radical (unpaired) electrons. The molecule has 0 saturated heterocycles. The summed E-state index contributed by atoms with van der Waals surface area (Å²) in [5, 5.41) is 10.8. The van der Waals surface area contributed by atoms with Gasteiger partial charge in [0.2, 0.25) is 0 Å². The van der Waals surface area contributed by atoms with E-state index >= 15 is 0 Å². The van der Waals surface area contributed by atoms with E-state index in [1.807, 2.05) is 0 Å². The minimum Gasteiger partial charge on any atom is -0.324 e. The van der Waals surface area contributed by atoms with E-state index in [1.54, 1.807) is 0 Å². The van der Waals surface area contributed by atoms with Crippen LogP contribution in [-0.4, -0.2) is 33.3 Å². The molecule has 114 valence electrons. The van der Waals surface area contributed by atoms with Gasteiger partial charge in [-0.2, -0.15) is 0 Å². The van der Waals surface area contributed by atoms with Gasteiger partial charge in [0.15, 0.2) is 5.78 Å². The van der Waals surface area contributed by atoms with Crippen molar-refractivity contribution < 1.29 is 19.3 Å². The van der Waals surface area contributed by atoms with Crippen LogP contribution in [0.25, 0.3) is 0 Å². The van der Waals surface area contributed by atoms with Crippen molar-refractivity contribution in [2.45, 2.75) is 38.3 Å². The summed E-state index contributed by atoms with van der Waals surface area (Å²) in [5.74, 6) is -0.622. The number of rotatable bonds is 2. The number of ketones is 2. The van der Waals surface area contributed by atoms with E-state index in [9.17, 15) is 24.5 Å². The fourth-order valence-electron chi connectivity index (χ4n) is 3.08.